The second-order valence-corrected chi connectivity index (χ2v) is 3.88. The van der Waals surface area contributed by atoms with Crippen LogP contribution in [0.15, 0.2) is 0 Å². The smallest absolute Gasteiger partial charge is 0.294 e. The Kier molecular flexibility index (Phi) is 8.14. The van der Waals surface area contributed by atoms with Crippen molar-refractivity contribution in [3.63, 3.8) is 0 Å². The maximum atomic E-state index is 10.8. The van der Waals surface area contributed by atoms with Gasteiger partial charge in [-0.25, -0.2) is 11.7 Å². The van der Waals surface area contributed by atoms with Gasteiger partial charge in [-0.15, -0.1) is 0 Å². The number of hydrogen-bond acceptors (Lipinski definition) is 6. The summed E-state index contributed by atoms with van der Waals surface area (Å²) < 4.78 is 29.8. The number of amides is 2. The monoisotopic (exact) mass is 249 g/mol. The zero-order valence-corrected chi connectivity index (χ0v) is 10.7. The summed E-state index contributed by atoms with van der Waals surface area (Å²) in [4.78, 5) is 21.5. The minimum Gasteiger partial charge on any atom is -0.294 e. The molecule has 0 heterocycles. The number of carbonyl (C=O) groups is 2. The van der Waals surface area contributed by atoms with Crippen molar-refractivity contribution in [3.8, 4) is 0 Å². The number of rotatable bonds is 4. The molecule has 0 fully saturated rings. The van der Waals surface area contributed by atoms with E-state index in [0.29, 0.717) is 0 Å². The predicted octanol–water partition coefficient (Wildman–Crippen LogP) is -6.38. The van der Waals surface area contributed by atoms with Crippen LogP contribution in [-0.4, -0.2) is 30.0 Å². The summed E-state index contributed by atoms with van der Waals surface area (Å²) >= 11 is 0. The summed E-state index contributed by atoms with van der Waals surface area (Å²) in [7, 11) is -4.69. The minimum atomic E-state index is -4.69. The second kappa shape index (κ2) is 7.11. The van der Waals surface area contributed by atoms with Crippen LogP contribution in [0.1, 0.15) is 6.42 Å². The number of nitrogens with one attached hydrogen (secondary N) is 2. The van der Waals surface area contributed by atoms with Crippen LogP contribution in [-0.2, 0) is 19.7 Å². The SMILES string of the molecule is NNC(=O)CC(C(=O)NN)S(=O)(=O)O.[Na+]. The molecule has 0 rings (SSSR count). The number of hydrazine groups is 2. The summed E-state index contributed by atoms with van der Waals surface area (Å²) in [5.41, 5.74) is 3.11. The molecule has 11 heteroatoms. The van der Waals surface area contributed by atoms with E-state index in [1.165, 1.54) is 5.43 Å². The van der Waals surface area contributed by atoms with Crippen LogP contribution >= 0.6 is 0 Å². The quantitative estimate of drug-likeness (QED) is 0.109. The molecule has 82 valence electrons. The molecule has 0 radical (unpaired) electrons. The van der Waals surface area contributed by atoms with Crippen LogP contribution < -0.4 is 52.1 Å². The Bertz CT molecular complexity index is 330. The van der Waals surface area contributed by atoms with Gasteiger partial charge in [0, 0.05) is 0 Å². The number of hydrogen-bond donors (Lipinski definition) is 5. The van der Waals surface area contributed by atoms with Crippen molar-refractivity contribution in [2.24, 2.45) is 11.7 Å². The van der Waals surface area contributed by atoms with Crippen molar-refractivity contribution < 1.29 is 52.1 Å². The van der Waals surface area contributed by atoms with Crippen molar-refractivity contribution in [1.29, 1.82) is 0 Å². The summed E-state index contributed by atoms with van der Waals surface area (Å²) in [6, 6.07) is 0. The van der Waals surface area contributed by atoms with Crippen molar-refractivity contribution >= 4 is 21.9 Å². The number of nitrogens with two attached hydrogens (primary N) is 2. The molecular weight excluding hydrogens is 239 g/mol. The Morgan fingerprint density at radius 3 is 2.00 bits per heavy atom. The van der Waals surface area contributed by atoms with Gasteiger partial charge in [-0.3, -0.25) is 25.0 Å². The molecule has 9 nitrogen and oxygen atoms in total. The van der Waals surface area contributed by atoms with Crippen LogP contribution in [0, 0.1) is 0 Å². The predicted molar refractivity (Wildman–Crippen MR) is 44.6 cm³/mol. The zero-order chi connectivity index (χ0) is 11.4. The van der Waals surface area contributed by atoms with E-state index >= 15 is 0 Å². The molecule has 15 heavy (non-hydrogen) atoms. The van der Waals surface area contributed by atoms with Gasteiger partial charge in [0.05, 0.1) is 6.42 Å². The second-order valence-electron chi connectivity index (χ2n) is 2.28. The van der Waals surface area contributed by atoms with E-state index in [0.717, 1.165) is 0 Å². The summed E-state index contributed by atoms with van der Waals surface area (Å²) in [6.07, 6.45) is -0.807. The molecule has 0 saturated heterocycles. The molecule has 2 amide bonds. The molecule has 1 unspecified atom stereocenters. The third kappa shape index (κ3) is 6.04. The van der Waals surface area contributed by atoms with E-state index in [2.05, 4.69) is 11.7 Å². The summed E-state index contributed by atoms with van der Waals surface area (Å²) in [6.45, 7) is 0. The van der Waals surface area contributed by atoms with E-state index in [4.69, 9.17) is 4.55 Å². The van der Waals surface area contributed by atoms with Crippen LogP contribution in [0.25, 0.3) is 0 Å². The fraction of sp³-hybridized carbons (Fsp3) is 0.500. The average Bonchev–Trinajstić information content (AvgIpc) is 2.10. The largest absolute Gasteiger partial charge is 1.00 e. The van der Waals surface area contributed by atoms with Gasteiger partial charge in [0.15, 0.2) is 5.25 Å². The number of carbonyl (C=O) groups excluding carboxylic acids is 2. The first kappa shape index (κ1) is 17.2. The minimum absolute atomic E-state index is 0. The third-order valence-electron chi connectivity index (χ3n) is 1.33. The van der Waals surface area contributed by atoms with Crippen molar-refractivity contribution in [1.82, 2.24) is 10.9 Å². The Morgan fingerprint density at radius 2 is 1.73 bits per heavy atom. The van der Waals surface area contributed by atoms with Gasteiger partial charge in [-0.2, -0.15) is 8.42 Å². The maximum absolute atomic E-state index is 10.8. The fourth-order valence-electron chi connectivity index (χ4n) is 0.654. The van der Waals surface area contributed by atoms with Crippen LogP contribution in [0.5, 0.6) is 0 Å². The average molecular weight is 249 g/mol. The van der Waals surface area contributed by atoms with Crippen molar-refractivity contribution in [2.75, 3.05) is 0 Å². The van der Waals surface area contributed by atoms with Crippen molar-refractivity contribution in [3.05, 3.63) is 0 Å². The molecule has 7 N–H and O–H groups in total. The normalized spacial score (nSPS) is 12.2. The van der Waals surface area contributed by atoms with Gasteiger partial charge >= 0.3 is 29.6 Å². The van der Waals surface area contributed by atoms with E-state index in [1.54, 1.807) is 5.43 Å². The molecule has 0 spiro atoms. The molecule has 0 aliphatic rings. The third-order valence-corrected chi connectivity index (χ3v) is 2.43. The van der Waals surface area contributed by atoms with Crippen LogP contribution in [0.3, 0.4) is 0 Å². The Labute approximate surface area is 108 Å². The molecular formula is C4H10N4NaO5S+. The topological polar surface area (TPSA) is 165 Å². The van der Waals surface area contributed by atoms with Gasteiger partial charge in [0.1, 0.15) is 0 Å². The van der Waals surface area contributed by atoms with E-state index in [-0.39, 0.29) is 29.6 Å². The van der Waals surface area contributed by atoms with Crippen molar-refractivity contribution in [2.45, 2.75) is 11.7 Å². The van der Waals surface area contributed by atoms with Gasteiger partial charge in [0.25, 0.3) is 16.0 Å². The van der Waals surface area contributed by atoms with Crippen LogP contribution in [0.4, 0.5) is 0 Å². The van der Waals surface area contributed by atoms with Gasteiger partial charge in [-0.05, 0) is 0 Å². The Hall–Kier alpha value is -0.230. The van der Waals surface area contributed by atoms with E-state index in [9.17, 15) is 18.0 Å². The zero-order valence-electron chi connectivity index (χ0n) is 7.93. The summed E-state index contributed by atoms with van der Waals surface area (Å²) in [5.74, 6) is 7.20. The molecule has 1 atom stereocenters. The van der Waals surface area contributed by atoms with E-state index < -0.39 is 33.6 Å². The first-order valence-corrected chi connectivity index (χ1v) is 4.79. The molecule has 0 aromatic rings. The van der Waals surface area contributed by atoms with Crippen LogP contribution in [0.2, 0.25) is 0 Å². The Morgan fingerprint density at radius 1 is 1.27 bits per heavy atom. The Balaban J connectivity index is 0. The molecule has 0 aromatic carbocycles. The first-order chi connectivity index (χ1) is 6.32. The van der Waals surface area contributed by atoms with Gasteiger partial charge in [0.2, 0.25) is 5.91 Å². The van der Waals surface area contributed by atoms with E-state index in [1.807, 2.05) is 0 Å². The van der Waals surface area contributed by atoms with Gasteiger partial charge in [-0.1, -0.05) is 0 Å². The van der Waals surface area contributed by atoms with Gasteiger partial charge < -0.3 is 0 Å². The molecule has 0 aromatic heterocycles. The standard InChI is InChI=1S/C4H10N4O5S.Na/c5-7-3(9)1-2(4(10)8-6)14(11,12)13;/h2H,1,5-6H2,(H,7,9)(H,8,10)(H,11,12,13);/q;+1. The fourth-order valence-corrected chi connectivity index (χ4v) is 1.35. The first-order valence-electron chi connectivity index (χ1n) is 3.29. The molecule has 0 saturated carbocycles. The molecule has 0 aliphatic heterocycles. The maximum Gasteiger partial charge on any atom is 1.00 e. The molecule has 0 aliphatic carbocycles. The molecule has 0 bridgehead atoms. The summed E-state index contributed by atoms with van der Waals surface area (Å²) in [5, 5.41) is -1.96.